The molecule has 0 aliphatic carbocycles. The molecule has 0 unspecified atom stereocenters. The minimum absolute atomic E-state index is 0.498. The monoisotopic (exact) mass is 368 g/mol. The van der Waals surface area contributed by atoms with Gasteiger partial charge in [0.15, 0.2) is 11.8 Å². The number of nitrogens with one attached hydrogen (secondary N) is 2. The van der Waals surface area contributed by atoms with Gasteiger partial charge in [0.1, 0.15) is 18.2 Å². The number of hydrogen-bond acceptors (Lipinski definition) is 4. The van der Waals surface area contributed by atoms with E-state index < -0.39 is 0 Å². The summed E-state index contributed by atoms with van der Waals surface area (Å²) in [6.07, 6.45) is 0.981. The first-order valence-corrected chi connectivity index (χ1v) is 9.39. The normalized spacial score (nSPS) is 11.9. The number of nitrogens with zero attached hydrogens (tertiary/aromatic N) is 6. The molecule has 0 spiro atoms. The Labute approximate surface area is 159 Å². The van der Waals surface area contributed by atoms with Crippen molar-refractivity contribution < 1.29 is 0 Å². The maximum Gasteiger partial charge on any atom is 0.191 e. The molecule has 1 aromatic carbocycles. The van der Waals surface area contributed by atoms with E-state index in [1.807, 2.05) is 24.6 Å². The molecule has 3 rings (SSSR count). The molecule has 2 N–H and O–H groups in total. The van der Waals surface area contributed by atoms with Crippen LogP contribution in [0.4, 0.5) is 0 Å². The topological polar surface area (TPSA) is 85.0 Å². The molecule has 0 amide bonds. The minimum atomic E-state index is 0.498. The lowest BCUT2D eigenvalue weighted by Crippen LogP contribution is -2.38. The van der Waals surface area contributed by atoms with Crippen LogP contribution in [0.15, 0.2) is 29.3 Å². The average Bonchev–Trinajstić information content (AvgIpc) is 3.16. The Morgan fingerprint density at radius 1 is 1.11 bits per heavy atom. The van der Waals surface area contributed by atoms with Gasteiger partial charge in [0, 0.05) is 26.7 Å². The molecule has 2 heterocycles. The maximum atomic E-state index is 4.62. The Bertz CT molecular complexity index is 921. The molecule has 3 aromatic rings. The molecule has 8 heteroatoms. The molecule has 0 atom stereocenters. The van der Waals surface area contributed by atoms with Gasteiger partial charge in [0.2, 0.25) is 0 Å². The van der Waals surface area contributed by atoms with Crippen LogP contribution in [0.25, 0.3) is 11.0 Å². The van der Waals surface area contributed by atoms with Crippen LogP contribution in [0.2, 0.25) is 0 Å². The largest absolute Gasteiger partial charge is 0.357 e. The van der Waals surface area contributed by atoms with Crippen LogP contribution in [0.1, 0.15) is 30.8 Å². The Morgan fingerprint density at radius 2 is 1.93 bits per heavy atom. The lowest BCUT2D eigenvalue weighted by atomic mass is 10.3. The van der Waals surface area contributed by atoms with Gasteiger partial charge in [-0.05, 0) is 39.3 Å². The van der Waals surface area contributed by atoms with E-state index in [4.69, 9.17) is 0 Å². The molecule has 0 aliphatic rings. The number of imidazole rings is 1. The average molecular weight is 368 g/mol. The van der Waals surface area contributed by atoms with Gasteiger partial charge in [-0.1, -0.05) is 12.1 Å². The second kappa shape index (κ2) is 8.66. The second-order valence-corrected chi connectivity index (χ2v) is 6.50. The molecule has 2 aromatic heterocycles. The number of aromatic nitrogens is 5. The summed E-state index contributed by atoms with van der Waals surface area (Å²) in [6, 6.07) is 8.26. The van der Waals surface area contributed by atoms with Crippen molar-refractivity contribution in [3.8, 4) is 0 Å². The van der Waals surface area contributed by atoms with Crippen LogP contribution in [0, 0.1) is 13.8 Å². The van der Waals surface area contributed by atoms with E-state index in [0.29, 0.717) is 6.54 Å². The molecule has 27 heavy (non-hydrogen) atoms. The first-order chi connectivity index (χ1) is 13.1. The predicted octanol–water partition coefficient (Wildman–Crippen LogP) is 1.93. The predicted molar refractivity (Wildman–Crippen MR) is 108 cm³/mol. The number of aliphatic imine (C=N–C) groups is 1. The molecule has 8 nitrogen and oxygen atoms in total. The second-order valence-electron chi connectivity index (χ2n) is 6.50. The van der Waals surface area contributed by atoms with Gasteiger partial charge in [0.05, 0.1) is 11.0 Å². The Morgan fingerprint density at radius 3 is 2.67 bits per heavy atom. The van der Waals surface area contributed by atoms with Crippen LogP contribution >= 0.6 is 0 Å². The first-order valence-electron chi connectivity index (χ1n) is 9.39. The van der Waals surface area contributed by atoms with E-state index in [-0.39, 0.29) is 0 Å². The van der Waals surface area contributed by atoms with Gasteiger partial charge in [-0.3, -0.25) is 0 Å². The number of benzene rings is 1. The quantitative estimate of drug-likeness (QED) is 0.378. The summed E-state index contributed by atoms with van der Waals surface area (Å²) < 4.78 is 4.23. The Hall–Kier alpha value is -2.90. The van der Waals surface area contributed by atoms with Crippen LogP contribution < -0.4 is 10.6 Å². The fourth-order valence-electron chi connectivity index (χ4n) is 3.00. The molecular weight excluding hydrogens is 340 g/mol. The van der Waals surface area contributed by atoms with Crippen LogP contribution in [0.3, 0.4) is 0 Å². The third-order valence-electron chi connectivity index (χ3n) is 4.60. The van der Waals surface area contributed by atoms with Crippen LogP contribution in [-0.4, -0.2) is 43.4 Å². The maximum absolute atomic E-state index is 4.62. The highest BCUT2D eigenvalue weighted by Crippen LogP contribution is 2.15. The molecule has 144 valence electrons. The van der Waals surface area contributed by atoms with Gasteiger partial charge in [-0.2, -0.15) is 0 Å². The highest BCUT2D eigenvalue weighted by molar-refractivity contribution is 5.79. The standard InChI is InChI=1S/C19H28N8/c1-5-20-19(22-13-18-25-24-15(3)26(18)4)21-11-8-12-27-14(2)23-16-9-6-7-10-17(16)27/h6-7,9-10H,5,8,11-13H2,1-4H3,(H2,20,21,22). The number of aryl methyl sites for hydroxylation is 3. The third kappa shape index (κ3) is 4.45. The zero-order valence-electron chi connectivity index (χ0n) is 16.5. The smallest absolute Gasteiger partial charge is 0.191 e. The summed E-state index contributed by atoms with van der Waals surface area (Å²) >= 11 is 0. The van der Waals surface area contributed by atoms with E-state index >= 15 is 0 Å². The van der Waals surface area contributed by atoms with Crippen molar-refractivity contribution in [3.63, 3.8) is 0 Å². The SMILES string of the molecule is CCNC(=NCc1nnc(C)n1C)NCCCn1c(C)nc2ccccc21. The van der Waals surface area contributed by atoms with Crippen molar-refractivity contribution in [2.24, 2.45) is 12.0 Å². The lowest BCUT2D eigenvalue weighted by molar-refractivity contribution is 0.623. The molecule has 0 aliphatic heterocycles. The van der Waals surface area contributed by atoms with E-state index in [1.54, 1.807) is 0 Å². The highest BCUT2D eigenvalue weighted by atomic mass is 15.3. The van der Waals surface area contributed by atoms with Gasteiger partial charge >= 0.3 is 0 Å². The number of rotatable bonds is 7. The summed E-state index contributed by atoms with van der Waals surface area (Å²) in [5.41, 5.74) is 2.24. The molecule has 0 bridgehead atoms. The lowest BCUT2D eigenvalue weighted by Gasteiger charge is -2.12. The molecule has 0 saturated carbocycles. The van der Waals surface area contributed by atoms with Gasteiger partial charge in [-0.15, -0.1) is 10.2 Å². The summed E-state index contributed by atoms with van der Waals surface area (Å²) in [6.45, 7) is 9.11. The molecule has 0 radical (unpaired) electrons. The number of guanidine groups is 1. The molecule has 0 saturated heterocycles. The van der Waals surface area contributed by atoms with E-state index in [9.17, 15) is 0 Å². The number of para-hydroxylation sites is 2. The first kappa shape index (κ1) is 18.9. The summed E-state index contributed by atoms with van der Waals surface area (Å²) in [4.78, 5) is 9.23. The highest BCUT2D eigenvalue weighted by Gasteiger charge is 2.07. The fourth-order valence-corrected chi connectivity index (χ4v) is 3.00. The zero-order chi connectivity index (χ0) is 19.2. The minimum Gasteiger partial charge on any atom is -0.357 e. The fraction of sp³-hybridized carbons (Fsp3) is 0.474. The van der Waals surface area contributed by atoms with Crippen molar-refractivity contribution in [1.82, 2.24) is 34.9 Å². The van der Waals surface area contributed by atoms with Crippen molar-refractivity contribution in [2.45, 2.75) is 40.3 Å². The zero-order valence-corrected chi connectivity index (χ0v) is 16.5. The summed E-state index contributed by atoms with van der Waals surface area (Å²) in [5, 5.41) is 14.9. The van der Waals surface area contributed by atoms with Gasteiger partial charge < -0.3 is 19.8 Å². The Balaban J connectivity index is 1.55. The van der Waals surface area contributed by atoms with Crippen molar-refractivity contribution in [1.29, 1.82) is 0 Å². The van der Waals surface area contributed by atoms with Crippen LogP contribution in [-0.2, 0) is 20.1 Å². The number of hydrogen-bond donors (Lipinski definition) is 2. The summed E-state index contributed by atoms with van der Waals surface area (Å²) in [7, 11) is 1.96. The van der Waals surface area contributed by atoms with E-state index in [0.717, 1.165) is 55.0 Å². The van der Waals surface area contributed by atoms with Gasteiger partial charge in [0.25, 0.3) is 0 Å². The molecular formula is C19H28N8. The number of fused-ring (bicyclic) bond motifs is 1. The van der Waals surface area contributed by atoms with Gasteiger partial charge in [-0.25, -0.2) is 9.98 Å². The van der Waals surface area contributed by atoms with E-state index in [2.05, 4.69) is 67.4 Å². The van der Waals surface area contributed by atoms with E-state index in [1.165, 1.54) is 5.52 Å². The Kier molecular flexibility index (Phi) is 6.05. The molecule has 0 fully saturated rings. The summed E-state index contributed by atoms with van der Waals surface area (Å²) in [5.74, 6) is 3.59. The van der Waals surface area contributed by atoms with Crippen molar-refractivity contribution >= 4 is 17.0 Å². The van der Waals surface area contributed by atoms with Crippen molar-refractivity contribution in [2.75, 3.05) is 13.1 Å². The van der Waals surface area contributed by atoms with Crippen molar-refractivity contribution in [3.05, 3.63) is 41.7 Å². The third-order valence-corrected chi connectivity index (χ3v) is 4.60. The van der Waals surface area contributed by atoms with Crippen LogP contribution in [0.5, 0.6) is 0 Å².